The Morgan fingerprint density at radius 2 is 1.89 bits per heavy atom. The fraction of sp³-hybridized carbons (Fsp3) is 1.00. The van der Waals surface area contributed by atoms with Gasteiger partial charge in [0.05, 0.1) is 0 Å². The van der Waals surface area contributed by atoms with Gasteiger partial charge in [-0.15, -0.1) is 0 Å². The summed E-state index contributed by atoms with van der Waals surface area (Å²) >= 11 is 0. The quantitative estimate of drug-likeness (QED) is 0.350. The van der Waals surface area contributed by atoms with Crippen LogP contribution < -0.4 is 5.73 Å². The molecule has 0 aliphatic rings. The number of rotatable bonds is 4. The van der Waals surface area contributed by atoms with Crippen molar-refractivity contribution in [2.24, 2.45) is 5.73 Å². The van der Waals surface area contributed by atoms with Gasteiger partial charge in [-0.3, -0.25) is 0 Å². The van der Waals surface area contributed by atoms with Crippen molar-refractivity contribution in [2.75, 3.05) is 13.2 Å². The van der Waals surface area contributed by atoms with Crippen LogP contribution in [0.2, 0.25) is 0 Å². The topological polar surface area (TPSA) is 86.7 Å². The van der Waals surface area contributed by atoms with Crippen molar-refractivity contribution in [3.63, 3.8) is 0 Å². The predicted octanol–water partition coefficient (Wildman–Crippen LogP) is -1.60. The van der Waals surface area contributed by atoms with Crippen molar-refractivity contribution in [2.45, 2.75) is 18.6 Å². The highest BCUT2D eigenvalue weighted by atomic mass is 16.5. The van der Waals surface area contributed by atoms with Gasteiger partial charge in [0.1, 0.15) is 0 Å². The fourth-order valence-electron chi connectivity index (χ4n) is 0.464. The second kappa shape index (κ2) is 3.79. The van der Waals surface area contributed by atoms with Crippen LogP contribution in [0.3, 0.4) is 0 Å². The van der Waals surface area contributed by atoms with Gasteiger partial charge in [0.15, 0.2) is 5.79 Å². The van der Waals surface area contributed by atoms with Crippen molar-refractivity contribution in [3.05, 3.63) is 0 Å². The molecule has 0 bridgehead atoms. The maximum atomic E-state index is 8.77. The Morgan fingerprint density at radius 3 is 2.22 bits per heavy atom. The van der Waals surface area contributed by atoms with Crippen molar-refractivity contribution < 1.29 is 15.3 Å². The molecule has 5 N–H and O–H groups in total. The molecule has 56 valence electrons. The smallest absolute Gasteiger partial charge is 0.175 e. The molecule has 0 aliphatic carbocycles. The molecule has 0 saturated heterocycles. The van der Waals surface area contributed by atoms with Crippen LogP contribution >= 0.6 is 0 Å². The minimum absolute atomic E-state index is 0.0388. The van der Waals surface area contributed by atoms with Gasteiger partial charge < -0.3 is 21.1 Å². The molecule has 0 amide bonds. The van der Waals surface area contributed by atoms with Gasteiger partial charge in [0.2, 0.25) is 0 Å². The van der Waals surface area contributed by atoms with E-state index < -0.39 is 5.79 Å². The van der Waals surface area contributed by atoms with Crippen LogP contribution in [-0.2, 0) is 0 Å². The molecule has 0 heterocycles. The molecule has 0 unspecified atom stereocenters. The SMILES string of the molecule is NCC(O)(O)CCCO. The van der Waals surface area contributed by atoms with Crippen LogP contribution in [0, 0.1) is 0 Å². The van der Waals surface area contributed by atoms with Crippen molar-refractivity contribution in [1.82, 2.24) is 0 Å². The van der Waals surface area contributed by atoms with Gasteiger partial charge >= 0.3 is 0 Å². The van der Waals surface area contributed by atoms with Crippen LogP contribution in [-0.4, -0.2) is 34.3 Å². The third-order valence-corrected chi connectivity index (χ3v) is 1.06. The number of hydrogen-bond acceptors (Lipinski definition) is 4. The summed E-state index contributed by atoms with van der Waals surface area (Å²) in [5, 5.41) is 25.8. The molecular formula is C5H13NO3. The van der Waals surface area contributed by atoms with E-state index in [1.54, 1.807) is 0 Å². The zero-order chi connectivity index (χ0) is 7.33. The molecule has 0 aromatic heterocycles. The average Bonchev–Trinajstić information content (AvgIpc) is 1.84. The van der Waals surface area contributed by atoms with E-state index in [4.69, 9.17) is 21.1 Å². The van der Waals surface area contributed by atoms with E-state index in [2.05, 4.69) is 0 Å². The molecule has 0 saturated carbocycles. The Balaban J connectivity index is 3.33. The lowest BCUT2D eigenvalue weighted by Gasteiger charge is -2.17. The van der Waals surface area contributed by atoms with Gasteiger partial charge in [-0.2, -0.15) is 0 Å². The predicted molar refractivity (Wildman–Crippen MR) is 32.5 cm³/mol. The standard InChI is InChI=1S/C5H13NO3/c6-4-5(8,9)2-1-3-7/h7-9H,1-4,6H2. The van der Waals surface area contributed by atoms with Crippen LogP contribution in [0.5, 0.6) is 0 Å². The highest BCUT2D eigenvalue weighted by molar-refractivity contribution is 4.63. The summed E-state index contributed by atoms with van der Waals surface area (Å²) in [4.78, 5) is 0. The van der Waals surface area contributed by atoms with E-state index in [9.17, 15) is 0 Å². The first kappa shape index (κ1) is 8.84. The molecule has 0 fully saturated rings. The Morgan fingerprint density at radius 1 is 1.33 bits per heavy atom. The third-order valence-electron chi connectivity index (χ3n) is 1.06. The minimum Gasteiger partial charge on any atom is -0.396 e. The summed E-state index contributed by atoms with van der Waals surface area (Å²) < 4.78 is 0. The van der Waals surface area contributed by atoms with E-state index in [1.807, 2.05) is 0 Å². The summed E-state index contributed by atoms with van der Waals surface area (Å²) in [7, 11) is 0. The second-order valence-electron chi connectivity index (χ2n) is 2.01. The molecule has 0 aromatic carbocycles. The van der Waals surface area contributed by atoms with Gasteiger partial charge in [-0.1, -0.05) is 0 Å². The largest absolute Gasteiger partial charge is 0.396 e. The second-order valence-corrected chi connectivity index (χ2v) is 2.01. The van der Waals surface area contributed by atoms with E-state index in [-0.39, 0.29) is 19.6 Å². The Kier molecular flexibility index (Phi) is 3.72. The highest BCUT2D eigenvalue weighted by Gasteiger charge is 2.18. The van der Waals surface area contributed by atoms with Crippen LogP contribution in [0.4, 0.5) is 0 Å². The molecule has 9 heavy (non-hydrogen) atoms. The lowest BCUT2D eigenvalue weighted by atomic mass is 10.1. The van der Waals surface area contributed by atoms with E-state index in [0.29, 0.717) is 6.42 Å². The highest BCUT2D eigenvalue weighted by Crippen LogP contribution is 2.04. The third kappa shape index (κ3) is 4.35. The lowest BCUT2D eigenvalue weighted by molar-refractivity contribution is -0.158. The molecule has 0 aromatic rings. The molecular weight excluding hydrogens is 122 g/mol. The summed E-state index contributed by atoms with van der Waals surface area (Å²) in [6.45, 7) is -0.226. The van der Waals surface area contributed by atoms with E-state index in [0.717, 1.165) is 0 Å². The first-order valence-corrected chi connectivity index (χ1v) is 2.88. The number of aliphatic hydroxyl groups excluding tert-OH is 1. The lowest BCUT2D eigenvalue weighted by Crippen LogP contribution is -2.37. The van der Waals surface area contributed by atoms with Gasteiger partial charge in [-0.25, -0.2) is 0 Å². The molecule has 0 radical (unpaired) electrons. The van der Waals surface area contributed by atoms with Crippen LogP contribution in [0.1, 0.15) is 12.8 Å². The summed E-state index contributed by atoms with van der Waals surface area (Å²) in [6.07, 6.45) is 0.490. The van der Waals surface area contributed by atoms with E-state index in [1.165, 1.54) is 0 Å². The first-order valence-electron chi connectivity index (χ1n) is 2.88. The maximum absolute atomic E-state index is 8.77. The summed E-state index contributed by atoms with van der Waals surface area (Å²) in [6, 6.07) is 0. The molecule has 0 aliphatic heterocycles. The number of hydrogen-bond donors (Lipinski definition) is 4. The normalized spacial score (nSPS) is 12.0. The number of aliphatic hydroxyl groups is 3. The zero-order valence-corrected chi connectivity index (χ0v) is 5.25. The molecule has 0 atom stereocenters. The van der Waals surface area contributed by atoms with Crippen molar-refractivity contribution >= 4 is 0 Å². The van der Waals surface area contributed by atoms with Gasteiger partial charge in [0, 0.05) is 19.6 Å². The van der Waals surface area contributed by atoms with Crippen molar-refractivity contribution in [1.29, 1.82) is 0 Å². The Labute approximate surface area is 53.9 Å². The van der Waals surface area contributed by atoms with Crippen LogP contribution in [0.15, 0.2) is 0 Å². The van der Waals surface area contributed by atoms with Crippen molar-refractivity contribution in [3.8, 4) is 0 Å². The first-order chi connectivity index (χ1) is 4.12. The summed E-state index contributed by atoms with van der Waals surface area (Å²) in [5.41, 5.74) is 4.97. The molecule has 0 spiro atoms. The Hall–Kier alpha value is -0.160. The van der Waals surface area contributed by atoms with Gasteiger partial charge in [-0.05, 0) is 6.42 Å². The van der Waals surface area contributed by atoms with Gasteiger partial charge in [0.25, 0.3) is 0 Å². The Bertz CT molecular complexity index is 74.6. The fourth-order valence-corrected chi connectivity index (χ4v) is 0.464. The average molecular weight is 135 g/mol. The molecule has 0 rings (SSSR count). The molecule has 4 heteroatoms. The minimum atomic E-state index is -1.79. The van der Waals surface area contributed by atoms with E-state index >= 15 is 0 Å². The molecule has 4 nitrogen and oxygen atoms in total. The maximum Gasteiger partial charge on any atom is 0.175 e. The van der Waals surface area contributed by atoms with Crippen LogP contribution in [0.25, 0.3) is 0 Å². The summed E-state index contributed by atoms with van der Waals surface area (Å²) in [5.74, 6) is -1.79. The number of nitrogens with two attached hydrogens (primary N) is 1. The monoisotopic (exact) mass is 135 g/mol. The zero-order valence-electron chi connectivity index (χ0n) is 5.25.